The van der Waals surface area contributed by atoms with Crippen molar-refractivity contribution in [3.8, 4) is 0 Å². The van der Waals surface area contributed by atoms with Gasteiger partial charge in [0.2, 0.25) is 5.91 Å². The van der Waals surface area contributed by atoms with Gasteiger partial charge in [-0.2, -0.15) is 13.2 Å². The topological polar surface area (TPSA) is 43.8 Å². The summed E-state index contributed by atoms with van der Waals surface area (Å²) in [4.78, 5) is 15.1. The fourth-order valence-corrected chi connectivity index (χ4v) is 2.10. The van der Waals surface area contributed by atoms with Crippen molar-refractivity contribution < 1.29 is 23.1 Å². The van der Waals surface area contributed by atoms with Crippen LogP contribution in [0.2, 0.25) is 0 Å². The molecule has 0 unspecified atom stereocenters. The number of halogens is 3. The van der Waals surface area contributed by atoms with E-state index < -0.39 is 18.8 Å². The van der Waals surface area contributed by atoms with Crippen molar-refractivity contribution in [1.82, 2.24) is 9.80 Å². The number of rotatable bonds is 5. The minimum Gasteiger partial charge on any atom is -0.382 e. The molecule has 1 saturated heterocycles. The van der Waals surface area contributed by atoms with Crippen molar-refractivity contribution in [2.75, 3.05) is 32.7 Å². The maximum atomic E-state index is 12.2. The SMILES string of the molecule is CC(C)CCC(=O)N1CCN(C[C@@H](O)C(F)(F)F)CC1. The Kier molecular flexibility index (Phi) is 6.26. The Bertz CT molecular complexity index is 313. The number of piperazine rings is 1. The molecule has 0 aliphatic carbocycles. The molecule has 1 fully saturated rings. The van der Waals surface area contributed by atoms with Crippen LogP contribution < -0.4 is 0 Å². The van der Waals surface area contributed by atoms with Gasteiger partial charge in [-0.05, 0) is 12.3 Å². The summed E-state index contributed by atoms with van der Waals surface area (Å²) < 4.78 is 36.7. The van der Waals surface area contributed by atoms with Crippen LogP contribution in [0.1, 0.15) is 26.7 Å². The monoisotopic (exact) mass is 296 g/mol. The molecule has 1 rings (SSSR count). The summed E-state index contributed by atoms with van der Waals surface area (Å²) in [5.41, 5.74) is 0. The molecule has 0 aromatic carbocycles. The Morgan fingerprint density at radius 3 is 2.20 bits per heavy atom. The summed E-state index contributed by atoms with van der Waals surface area (Å²) in [5, 5.41) is 9.01. The Balaban J connectivity index is 2.31. The van der Waals surface area contributed by atoms with E-state index in [1.165, 1.54) is 0 Å². The van der Waals surface area contributed by atoms with Crippen LogP contribution in [0.3, 0.4) is 0 Å². The first-order valence-corrected chi connectivity index (χ1v) is 6.95. The van der Waals surface area contributed by atoms with Crippen LogP contribution >= 0.6 is 0 Å². The lowest BCUT2D eigenvalue weighted by atomic mass is 10.1. The zero-order valence-corrected chi connectivity index (χ0v) is 12.0. The van der Waals surface area contributed by atoms with Gasteiger partial charge in [-0.25, -0.2) is 0 Å². The number of β-amino-alcohol motifs (C(OH)–C–C–N with tert-alkyl or cyclic N) is 1. The van der Waals surface area contributed by atoms with Crippen molar-refractivity contribution in [3.05, 3.63) is 0 Å². The Labute approximate surface area is 117 Å². The van der Waals surface area contributed by atoms with E-state index in [1.807, 2.05) is 13.8 Å². The first-order chi connectivity index (χ1) is 9.20. The summed E-state index contributed by atoms with van der Waals surface area (Å²) in [6, 6.07) is 0. The number of nitrogens with zero attached hydrogens (tertiary/aromatic N) is 2. The number of carbonyl (C=O) groups excluding carboxylic acids is 1. The maximum Gasteiger partial charge on any atom is 0.415 e. The molecule has 0 aromatic rings. The van der Waals surface area contributed by atoms with Crippen LogP contribution in [0.25, 0.3) is 0 Å². The van der Waals surface area contributed by atoms with Crippen LogP contribution in [-0.4, -0.2) is 65.8 Å². The van der Waals surface area contributed by atoms with Gasteiger partial charge in [-0.1, -0.05) is 13.8 Å². The van der Waals surface area contributed by atoms with Crippen molar-refractivity contribution in [2.24, 2.45) is 5.92 Å². The fraction of sp³-hybridized carbons (Fsp3) is 0.923. The molecular formula is C13H23F3N2O2. The van der Waals surface area contributed by atoms with E-state index in [4.69, 9.17) is 5.11 Å². The van der Waals surface area contributed by atoms with Crippen LogP contribution in [0.4, 0.5) is 13.2 Å². The lowest BCUT2D eigenvalue weighted by molar-refractivity contribution is -0.209. The molecular weight excluding hydrogens is 273 g/mol. The number of alkyl halides is 3. The van der Waals surface area contributed by atoms with Crippen LogP contribution in [0.5, 0.6) is 0 Å². The fourth-order valence-electron chi connectivity index (χ4n) is 2.10. The largest absolute Gasteiger partial charge is 0.415 e. The third kappa shape index (κ3) is 5.66. The van der Waals surface area contributed by atoms with Crippen LogP contribution in [-0.2, 0) is 4.79 Å². The zero-order valence-electron chi connectivity index (χ0n) is 12.0. The molecule has 1 atom stereocenters. The normalized spacial score (nSPS) is 19.4. The number of carbonyl (C=O) groups is 1. The number of hydrogen-bond donors (Lipinski definition) is 1. The number of aliphatic hydroxyl groups excluding tert-OH is 1. The summed E-state index contributed by atoms with van der Waals surface area (Å²) in [6.45, 7) is 5.29. The quantitative estimate of drug-likeness (QED) is 0.836. The number of aliphatic hydroxyl groups is 1. The van der Waals surface area contributed by atoms with Gasteiger partial charge in [-0.3, -0.25) is 9.69 Å². The molecule has 0 radical (unpaired) electrons. The Hall–Kier alpha value is -0.820. The van der Waals surface area contributed by atoms with E-state index >= 15 is 0 Å². The predicted molar refractivity (Wildman–Crippen MR) is 69.2 cm³/mol. The molecule has 1 heterocycles. The lowest BCUT2D eigenvalue weighted by Crippen LogP contribution is -2.52. The average molecular weight is 296 g/mol. The molecule has 1 aliphatic heterocycles. The van der Waals surface area contributed by atoms with Gasteiger partial charge < -0.3 is 10.0 Å². The maximum absolute atomic E-state index is 12.2. The van der Waals surface area contributed by atoms with Crippen molar-refractivity contribution >= 4 is 5.91 Å². The minimum absolute atomic E-state index is 0.0646. The average Bonchev–Trinajstić information content (AvgIpc) is 2.35. The van der Waals surface area contributed by atoms with Gasteiger partial charge in [-0.15, -0.1) is 0 Å². The van der Waals surface area contributed by atoms with Crippen LogP contribution in [0, 0.1) is 5.92 Å². The zero-order chi connectivity index (χ0) is 15.3. The van der Waals surface area contributed by atoms with Gasteiger partial charge >= 0.3 is 6.18 Å². The molecule has 0 saturated carbocycles. The highest BCUT2D eigenvalue weighted by Gasteiger charge is 2.39. The van der Waals surface area contributed by atoms with Crippen LogP contribution in [0.15, 0.2) is 0 Å². The molecule has 118 valence electrons. The second-order valence-electron chi connectivity index (χ2n) is 5.67. The Morgan fingerprint density at radius 1 is 1.20 bits per heavy atom. The van der Waals surface area contributed by atoms with E-state index in [-0.39, 0.29) is 5.91 Å². The number of hydrogen-bond acceptors (Lipinski definition) is 3. The molecule has 1 amide bonds. The van der Waals surface area contributed by atoms with Crippen molar-refractivity contribution in [2.45, 2.75) is 39.0 Å². The first-order valence-electron chi connectivity index (χ1n) is 6.95. The third-order valence-electron chi connectivity index (χ3n) is 3.47. The molecule has 1 N–H and O–H groups in total. The smallest absolute Gasteiger partial charge is 0.382 e. The summed E-state index contributed by atoms with van der Waals surface area (Å²) in [7, 11) is 0. The van der Waals surface area contributed by atoms with Gasteiger partial charge in [0.25, 0.3) is 0 Å². The van der Waals surface area contributed by atoms with Gasteiger partial charge in [0.1, 0.15) is 0 Å². The van der Waals surface area contributed by atoms with Crippen molar-refractivity contribution in [3.63, 3.8) is 0 Å². The second-order valence-corrected chi connectivity index (χ2v) is 5.67. The lowest BCUT2D eigenvalue weighted by Gasteiger charge is -2.36. The molecule has 0 bridgehead atoms. The van der Waals surface area contributed by atoms with Gasteiger partial charge in [0, 0.05) is 39.1 Å². The number of amides is 1. The van der Waals surface area contributed by atoms with E-state index in [0.717, 1.165) is 6.42 Å². The molecule has 4 nitrogen and oxygen atoms in total. The summed E-state index contributed by atoms with van der Waals surface area (Å²) >= 11 is 0. The first kappa shape index (κ1) is 17.2. The van der Waals surface area contributed by atoms with E-state index in [9.17, 15) is 18.0 Å². The van der Waals surface area contributed by atoms with E-state index in [0.29, 0.717) is 38.5 Å². The third-order valence-corrected chi connectivity index (χ3v) is 3.47. The molecule has 7 heteroatoms. The highest BCUT2D eigenvalue weighted by Crippen LogP contribution is 2.21. The minimum atomic E-state index is -4.58. The van der Waals surface area contributed by atoms with Gasteiger partial charge in [0.15, 0.2) is 6.10 Å². The molecule has 0 spiro atoms. The highest BCUT2D eigenvalue weighted by atomic mass is 19.4. The highest BCUT2D eigenvalue weighted by molar-refractivity contribution is 5.76. The van der Waals surface area contributed by atoms with Crippen molar-refractivity contribution in [1.29, 1.82) is 0 Å². The predicted octanol–water partition coefficient (Wildman–Crippen LogP) is 1.49. The summed E-state index contributed by atoms with van der Waals surface area (Å²) in [6.07, 6.45) is -5.58. The molecule has 1 aliphatic rings. The van der Waals surface area contributed by atoms with E-state index in [2.05, 4.69) is 0 Å². The van der Waals surface area contributed by atoms with E-state index in [1.54, 1.807) is 9.80 Å². The summed E-state index contributed by atoms with van der Waals surface area (Å²) in [5.74, 6) is 0.525. The molecule has 0 aromatic heterocycles. The molecule has 20 heavy (non-hydrogen) atoms. The standard InChI is InChI=1S/C13H23F3N2O2/c1-10(2)3-4-12(20)18-7-5-17(6-8-18)9-11(19)13(14,15)16/h10-11,19H,3-9H2,1-2H3/t11-/m1/s1. The second kappa shape index (κ2) is 7.26. The van der Waals surface area contributed by atoms with Gasteiger partial charge in [0.05, 0.1) is 0 Å². The Morgan fingerprint density at radius 2 is 1.75 bits per heavy atom.